The zero-order valence-corrected chi connectivity index (χ0v) is 13.5. The Morgan fingerprint density at radius 3 is 2.65 bits per heavy atom. The molecule has 4 nitrogen and oxygen atoms in total. The van der Waals surface area contributed by atoms with E-state index in [1.54, 1.807) is 0 Å². The Morgan fingerprint density at radius 2 is 2.04 bits per heavy atom. The summed E-state index contributed by atoms with van der Waals surface area (Å²) in [5.41, 5.74) is 0.0910. The molecule has 1 heterocycles. The van der Waals surface area contributed by atoms with Crippen molar-refractivity contribution in [3.63, 3.8) is 0 Å². The topological polar surface area (TPSA) is 41.6 Å². The normalized spacial score (nSPS) is 33.5. The van der Waals surface area contributed by atoms with Crippen LogP contribution in [0.2, 0.25) is 0 Å². The molecule has 3 fully saturated rings. The summed E-state index contributed by atoms with van der Waals surface area (Å²) in [6.45, 7) is 1.71. The van der Waals surface area contributed by atoms with Crippen LogP contribution < -0.4 is 5.32 Å². The Kier molecular flexibility index (Phi) is 4.62. The zero-order valence-electron chi connectivity index (χ0n) is 13.5. The average molecular weight is 334 g/mol. The molecule has 0 radical (unpaired) electrons. The number of rotatable bonds is 5. The molecule has 1 N–H and O–H groups in total. The Bertz CT molecular complexity index is 449. The smallest absolute Gasteiger partial charge is 0.378 e. The molecular formula is C16H25F3N2O2. The third kappa shape index (κ3) is 3.22. The third-order valence-electron chi connectivity index (χ3n) is 5.76. The van der Waals surface area contributed by atoms with Gasteiger partial charge in [-0.25, -0.2) is 0 Å². The summed E-state index contributed by atoms with van der Waals surface area (Å²) in [5, 5.41) is 3.36. The monoisotopic (exact) mass is 334 g/mol. The summed E-state index contributed by atoms with van der Waals surface area (Å²) >= 11 is 0. The highest BCUT2D eigenvalue weighted by atomic mass is 19.4. The van der Waals surface area contributed by atoms with Crippen LogP contribution in [0.5, 0.6) is 0 Å². The van der Waals surface area contributed by atoms with E-state index in [9.17, 15) is 18.0 Å². The molecule has 0 aromatic rings. The summed E-state index contributed by atoms with van der Waals surface area (Å²) in [5.74, 6) is -0.407. The van der Waals surface area contributed by atoms with E-state index in [2.05, 4.69) is 5.32 Å². The van der Waals surface area contributed by atoms with Crippen molar-refractivity contribution in [1.82, 2.24) is 10.2 Å². The highest BCUT2D eigenvalue weighted by molar-refractivity contribution is 5.84. The molecule has 0 bridgehead atoms. The highest BCUT2D eigenvalue weighted by Gasteiger charge is 2.57. The highest BCUT2D eigenvalue weighted by Crippen LogP contribution is 2.55. The van der Waals surface area contributed by atoms with Gasteiger partial charge >= 0.3 is 6.18 Å². The predicted octanol–water partition coefficient (Wildman–Crippen LogP) is 2.48. The van der Waals surface area contributed by atoms with Crippen LogP contribution in [0.1, 0.15) is 45.4 Å². The first-order chi connectivity index (χ1) is 10.9. The summed E-state index contributed by atoms with van der Waals surface area (Å²) in [4.78, 5) is 13.1. The molecule has 2 saturated carbocycles. The van der Waals surface area contributed by atoms with Crippen LogP contribution in [0.15, 0.2) is 0 Å². The second-order valence-electron chi connectivity index (χ2n) is 7.06. The van der Waals surface area contributed by atoms with Crippen LogP contribution in [-0.4, -0.2) is 54.9 Å². The number of likely N-dealkylation sites (tertiary alicyclic amines) is 1. The van der Waals surface area contributed by atoms with Crippen LogP contribution in [0, 0.1) is 5.41 Å². The van der Waals surface area contributed by atoms with Gasteiger partial charge in [0.1, 0.15) is 6.54 Å². The van der Waals surface area contributed by atoms with E-state index in [1.807, 2.05) is 6.92 Å². The molecule has 1 amide bonds. The van der Waals surface area contributed by atoms with Gasteiger partial charge in [0.2, 0.25) is 5.91 Å². The van der Waals surface area contributed by atoms with Gasteiger partial charge in [0.25, 0.3) is 0 Å². The first kappa shape index (κ1) is 17.0. The lowest BCUT2D eigenvalue weighted by Crippen LogP contribution is -2.65. The number of hydrogen-bond donors (Lipinski definition) is 1. The van der Waals surface area contributed by atoms with E-state index in [1.165, 1.54) is 12.8 Å². The molecule has 0 aromatic heterocycles. The molecule has 0 unspecified atom stereocenters. The fraction of sp³-hybridized carbons (Fsp3) is 0.938. The lowest BCUT2D eigenvalue weighted by molar-refractivity contribution is -0.159. The van der Waals surface area contributed by atoms with Crippen molar-refractivity contribution in [3.05, 3.63) is 0 Å². The molecule has 2 aliphatic carbocycles. The van der Waals surface area contributed by atoms with Gasteiger partial charge in [0.05, 0.1) is 12.1 Å². The largest absolute Gasteiger partial charge is 0.406 e. The van der Waals surface area contributed by atoms with Crippen LogP contribution in [0.3, 0.4) is 0 Å². The maximum atomic E-state index is 12.5. The standard InChI is InChI=1S/C16H25F3N2O2/c1-2-23-13-9-12(15(13)6-3-4-7-15)20-11-5-8-21(14(11)22)10-16(17,18)19/h11-13,20H,2-10H2,1H3/t11-,12+,13-/m1/s1. The van der Waals surface area contributed by atoms with E-state index < -0.39 is 24.7 Å². The minimum Gasteiger partial charge on any atom is -0.378 e. The Hall–Kier alpha value is -0.820. The van der Waals surface area contributed by atoms with Gasteiger partial charge in [-0.3, -0.25) is 4.79 Å². The minimum absolute atomic E-state index is 0.0910. The fourth-order valence-corrected chi connectivity index (χ4v) is 4.63. The quantitative estimate of drug-likeness (QED) is 0.840. The molecule has 3 rings (SSSR count). The van der Waals surface area contributed by atoms with Gasteiger partial charge in [-0.05, 0) is 32.6 Å². The summed E-state index contributed by atoms with van der Waals surface area (Å²) in [6, 6.07) is -0.274. The number of nitrogens with zero attached hydrogens (tertiary/aromatic N) is 1. The maximum absolute atomic E-state index is 12.5. The van der Waals surface area contributed by atoms with Crippen molar-refractivity contribution >= 4 is 5.91 Å². The van der Waals surface area contributed by atoms with Crippen LogP contribution in [-0.2, 0) is 9.53 Å². The van der Waals surface area contributed by atoms with E-state index in [0.29, 0.717) is 13.0 Å². The lowest BCUT2D eigenvalue weighted by atomic mass is 9.60. The van der Waals surface area contributed by atoms with Gasteiger partial charge in [-0.1, -0.05) is 12.8 Å². The van der Waals surface area contributed by atoms with Crippen LogP contribution >= 0.6 is 0 Å². The number of hydrogen-bond acceptors (Lipinski definition) is 3. The first-order valence-corrected chi connectivity index (χ1v) is 8.59. The fourth-order valence-electron chi connectivity index (χ4n) is 4.63. The number of ether oxygens (including phenoxy) is 1. The number of nitrogens with one attached hydrogen (secondary N) is 1. The van der Waals surface area contributed by atoms with Crippen molar-refractivity contribution in [3.8, 4) is 0 Å². The first-order valence-electron chi connectivity index (χ1n) is 8.59. The van der Waals surface area contributed by atoms with Crippen LogP contribution in [0.25, 0.3) is 0 Å². The summed E-state index contributed by atoms with van der Waals surface area (Å²) in [7, 11) is 0. The Morgan fingerprint density at radius 1 is 1.35 bits per heavy atom. The van der Waals surface area contributed by atoms with Crippen LogP contribution in [0.4, 0.5) is 13.2 Å². The van der Waals surface area contributed by atoms with Crippen molar-refractivity contribution in [2.45, 2.75) is 69.8 Å². The lowest BCUT2D eigenvalue weighted by Gasteiger charge is -2.54. The minimum atomic E-state index is -4.33. The van der Waals surface area contributed by atoms with Gasteiger partial charge in [-0.2, -0.15) is 13.2 Å². The number of amides is 1. The number of alkyl halides is 3. The predicted molar refractivity (Wildman–Crippen MR) is 78.9 cm³/mol. The zero-order chi connectivity index (χ0) is 16.7. The Balaban J connectivity index is 1.59. The second-order valence-corrected chi connectivity index (χ2v) is 7.06. The molecule has 1 saturated heterocycles. The van der Waals surface area contributed by atoms with Crippen molar-refractivity contribution in [2.75, 3.05) is 19.7 Å². The molecular weight excluding hydrogens is 309 g/mol. The second kappa shape index (κ2) is 6.24. The average Bonchev–Trinajstić information content (AvgIpc) is 3.08. The molecule has 132 valence electrons. The third-order valence-corrected chi connectivity index (χ3v) is 5.76. The summed E-state index contributed by atoms with van der Waals surface area (Å²) in [6.07, 6.45) is 1.73. The van der Waals surface area contributed by atoms with E-state index in [-0.39, 0.29) is 24.1 Å². The van der Waals surface area contributed by atoms with Crippen molar-refractivity contribution < 1.29 is 22.7 Å². The van der Waals surface area contributed by atoms with E-state index in [0.717, 1.165) is 24.2 Å². The van der Waals surface area contributed by atoms with Crippen molar-refractivity contribution in [1.29, 1.82) is 0 Å². The number of carbonyl (C=O) groups is 1. The SMILES string of the molecule is CCO[C@@H]1C[C@H](N[C@@H]2CCN(CC(F)(F)F)C2=O)C12CCCC2. The van der Waals surface area contributed by atoms with Gasteiger partial charge in [0.15, 0.2) is 0 Å². The van der Waals surface area contributed by atoms with Crippen molar-refractivity contribution in [2.24, 2.45) is 5.41 Å². The Labute approximate surface area is 134 Å². The summed E-state index contributed by atoms with van der Waals surface area (Å²) < 4.78 is 43.3. The molecule has 3 atom stereocenters. The molecule has 1 aliphatic heterocycles. The number of halogens is 3. The molecule has 0 aromatic carbocycles. The van der Waals surface area contributed by atoms with E-state index >= 15 is 0 Å². The molecule has 3 aliphatic rings. The maximum Gasteiger partial charge on any atom is 0.406 e. The van der Waals surface area contributed by atoms with Gasteiger partial charge in [-0.15, -0.1) is 0 Å². The molecule has 1 spiro atoms. The van der Waals surface area contributed by atoms with E-state index in [4.69, 9.17) is 4.74 Å². The van der Waals surface area contributed by atoms with Gasteiger partial charge in [0, 0.05) is 24.6 Å². The van der Waals surface area contributed by atoms with Gasteiger partial charge < -0.3 is 15.0 Å². The molecule has 23 heavy (non-hydrogen) atoms. The molecule has 7 heteroatoms. The number of carbonyl (C=O) groups excluding carboxylic acids is 1.